The number of rotatable bonds is 7. The Kier molecular flexibility index (Phi) is 6.52. The summed E-state index contributed by atoms with van der Waals surface area (Å²) in [5, 5.41) is 9.21. The number of hydrogen-bond acceptors (Lipinski definition) is 4. The van der Waals surface area contributed by atoms with E-state index in [4.69, 9.17) is 9.47 Å². The second kappa shape index (κ2) is 6.80. The third kappa shape index (κ3) is 7.33. The van der Waals surface area contributed by atoms with Crippen molar-refractivity contribution in [3.8, 4) is 0 Å². The number of esters is 1. The molecule has 0 aliphatic rings. The van der Waals surface area contributed by atoms with E-state index in [1.807, 2.05) is 20.8 Å². The summed E-state index contributed by atoms with van der Waals surface area (Å²) in [5.41, 5.74) is -0.263. The van der Waals surface area contributed by atoms with Crippen molar-refractivity contribution in [1.82, 2.24) is 0 Å². The molecule has 0 fully saturated rings. The molecule has 0 heterocycles. The van der Waals surface area contributed by atoms with E-state index in [9.17, 15) is 9.90 Å². The Bertz CT molecular complexity index is 189. The van der Waals surface area contributed by atoms with Gasteiger partial charge in [0.1, 0.15) is 0 Å². The average Bonchev–Trinajstić information content (AvgIpc) is 2.22. The van der Waals surface area contributed by atoms with Crippen molar-refractivity contribution in [2.75, 3.05) is 13.2 Å². The van der Waals surface area contributed by atoms with Gasteiger partial charge in [0.05, 0.1) is 13.2 Å². The van der Waals surface area contributed by atoms with E-state index in [2.05, 4.69) is 0 Å². The van der Waals surface area contributed by atoms with Crippen LogP contribution in [0.2, 0.25) is 0 Å². The molecule has 0 aromatic carbocycles. The van der Waals surface area contributed by atoms with Gasteiger partial charge in [0, 0.05) is 11.8 Å². The summed E-state index contributed by atoms with van der Waals surface area (Å²) in [5.74, 6) is -0.209. The topological polar surface area (TPSA) is 55.8 Å². The highest BCUT2D eigenvalue weighted by molar-refractivity contribution is 5.68. The zero-order valence-corrected chi connectivity index (χ0v) is 10.1. The Morgan fingerprint density at radius 2 is 1.93 bits per heavy atom. The smallest absolute Gasteiger partial charge is 0.305 e. The molecule has 4 heteroatoms. The van der Waals surface area contributed by atoms with Gasteiger partial charge in [-0.15, -0.1) is 0 Å². The van der Waals surface area contributed by atoms with Gasteiger partial charge in [0.15, 0.2) is 6.29 Å². The minimum absolute atomic E-state index is 0.209. The van der Waals surface area contributed by atoms with Gasteiger partial charge < -0.3 is 14.6 Å². The molecule has 0 bridgehead atoms. The number of carbonyl (C=O) groups excluding carboxylic acids is 1. The summed E-state index contributed by atoms with van der Waals surface area (Å²) < 4.78 is 10.2. The number of hydrogen-bond donors (Lipinski definition) is 1. The van der Waals surface area contributed by atoms with Crippen LogP contribution in [-0.4, -0.2) is 30.6 Å². The maximum Gasteiger partial charge on any atom is 0.305 e. The number of aliphatic hydroxyl groups is 1. The lowest BCUT2D eigenvalue weighted by molar-refractivity contribution is -0.153. The predicted molar refractivity (Wildman–Crippen MR) is 57.3 cm³/mol. The van der Waals surface area contributed by atoms with Crippen LogP contribution in [0, 0.1) is 5.41 Å². The average molecular weight is 218 g/mol. The zero-order chi connectivity index (χ0) is 11.9. The number of aliphatic hydroxyl groups excluding tert-OH is 1. The lowest BCUT2D eigenvalue weighted by Gasteiger charge is -2.25. The van der Waals surface area contributed by atoms with Crippen molar-refractivity contribution in [2.24, 2.45) is 5.41 Å². The van der Waals surface area contributed by atoms with E-state index in [0.717, 1.165) is 0 Å². The van der Waals surface area contributed by atoms with Crippen LogP contribution >= 0.6 is 0 Å². The van der Waals surface area contributed by atoms with Crippen LogP contribution < -0.4 is 0 Å². The normalized spacial score (nSPS) is 13.7. The minimum atomic E-state index is -0.730. The monoisotopic (exact) mass is 218 g/mol. The second-order valence-corrected chi connectivity index (χ2v) is 4.35. The molecular weight excluding hydrogens is 196 g/mol. The van der Waals surface area contributed by atoms with E-state index in [1.165, 1.54) is 0 Å². The third-order valence-corrected chi connectivity index (χ3v) is 1.93. The zero-order valence-electron chi connectivity index (χ0n) is 10.1. The molecular formula is C11H22O4. The molecule has 0 saturated carbocycles. The van der Waals surface area contributed by atoms with E-state index in [1.54, 1.807) is 6.92 Å². The van der Waals surface area contributed by atoms with Gasteiger partial charge in [-0.25, -0.2) is 0 Å². The first-order chi connectivity index (χ1) is 6.91. The first-order valence-electron chi connectivity index (χ1n) is 5.36. The molecule has 0 aromatic heterocycles. The van der Waals surface area contributed by atoms with Crippen LogP contribution in [0.25, 0.3) is 0 Å². The van der Waals surface area contributed by atoms with Crippen molar-refractivity contribution in [3.63, 3.8) is 0 Å². The summed E-state index contributed by atoms with van der Waals surface area (Å²) in [6.07, 6.45) is 0.213. The fourth-order valence-corrected chi connectivity index (χ4v) is 0.859. The molecule has 0 aliphatic carbocycles. The van der Waals surface area contributed by atoms with Crippen molar-refractivity contribution in [1.29, 1.82) is 0 Å². The predicted octanol–water partition coefficient (Wildman–Crippen LogP) is 1.71. The standard InChI is InChI=1S/C11H22O4/c1-5-9(12)14-7-11(3,4)8-15-10(13)6-2/h9,12H,5-8H2,1-4H3. The molecule has 0 amide bonds. The molecule has 1 atom stereocenters. The lowest BCUT2D eigenvalue weighted by Crippen LogP contribution is -2.29. The Hall–Kier alpha value is -0.610. The SMILES string of the molecule is CCC(=O)OCC(C)(C)COC(O)CC. The summed E-state index contributed by atoms with van der Waals surface area (Å²) in [4.78, 5) is 10.9. The van der Waals surface area contributed by atoms with Crippen LogP contribution in [-0.2, 0) is 14.3 Å². The Morgan fingerprint density at radius 1 is 1.33 bits per heavy atom. The van der Waals surface area contributed by atoms with Crippen LogP contribution in [0.3, 0.4) is 0 Å². The van der Waals surface area contributed by atoms with Gasteiger partial charge in [0.2, 0.25) is 0 Å². The molecule has 1 unspecified atom stereocenters. The van der Waals surface area contributed by atoms with Gasteiger partial charge in [-0.3, -0.25) is 4.79 Å². The Labute approximate surface area is 91.6 Å². The second-order valence-electron chi connectivity index (χ2n) is 4.35. The minimum Gasteiger partial charge on any atom is -0.465 e. The van der Waals surface area contributed by atoms with Gasteiger partial charge in [-0.1, -0.05) is 27.7 Å². The maximum absolute atomic E-state index is 10.9. The molecule has 0 saturated heterocycles. The highest BCUT2D eigenvalue weighted by Crippen LogP contribution is 2.17. The third-order valence-electron chi connectivity index (χ3n) is 1.93. The summed E-state index contributed by atoms with van der Waals surface area (Å²) in [6.45, 7) is 8.15. The van der Waals surface area contributed by atoms with Gasteiger partial charge in [0.25, 0.3) is 0 Å². The fourth-order valence-electron chi connectivity index (χ4n) is 0.859. The molecule has 0 radical (unpaired) electrons. The molecule has 0 spiro atoms. The molecule has 1 N–H and O–H groups in total. The highest BCUT2D eigenvalue weighted by Gasteiger charge is 2.21. The molecule has 4 nitrogen and oxygen atoms in total. The first kappa shape index (κ1) is 14.4. The van der Waals surface area contributed by atoms with E-state index in [-0.39, 0.29) is 11.4 Å². The quantitative estimate of drug-likeness (QED) is 0.522. The van der Waals surface area contributed by atoms with Crippen molar-refractivity contribution in [2.45, 2.75) is 46.8 Å². The molecule has 0 aliphatic heterocycles. The van der Waals surface area contributed by atoms with Crippen molar-refractivity contribution >= 4 is 5.97 Å². The Morgan fingerprint density at radius 3 is 2.40 bits per heavy atom. The molecule has 0 aromatic rings. The maximum atomic E-state index is 10.9. The summed E-state index contributed by atoms with van der Waals surface area (Å²) in [7, 11) is 0. The van der Waals surface area contributed by atoms with Crippen molar-refractivity contribution < 1.29 is 19.4 Å². The fraction of sp³-hybridized carbons (Fsp3) is 0.909. The molecule has 90 valence electrons. The molecule has 0 rings (SSSR count). The van der Waals surface area contributed by atoms with Crippen LogP contribution in [0.15, 0.2) is 0 Å². The summed E-state index contributed by atoms with van der Waals surface area (Å²) in [6, 6.07) is 0. The van der Waals surface area contributed by atoms with Gasteiger partial charge in [-0.05, 0) is 6.42 Å². The summed E-state index contributed by atoms with van der Waals surface area (Å²) >= 11 is 0. The van der Waals surface area contributed by atoms with E-state index in [0.29, 0.717) is 26.1 Å². The number of ether oxygens (including phenoxy) is 2. The molecule has 15 heavy (non-hydrogen) atoms. The lowest BCUT2D eigenvalue weighted by atomic mass is 9.96. The van der Waals surface area contributed by atoms with Gasteiger partial charge >= 0.3 is 5.97 Å². The van der Waals surface area contributed by atoms with Crippen LogP contribution in [0.4, 0.5) is 0 Å². The van der Waals surface area contributed by atoms with Crippen LogP contribution in [0.5, 0.6) is 0 Å². The van der Waals surface area contributed by atoms with Crippen LogP contribution in [0.1, 0.15) is 40.5 Å². The van der Waals surface area contributed by atoms with E-state index >= 15 is 0 Å². The largest absolute Gasteiger partial charge is 0.465 e. The number of carbonyl (C=O) groups is 1. The van der Waals surface area contributed by atoms with E-state index < -0.39 is 6.29 Å². The Balaban J connectivity index is 3.80. The van der Waals surface area contributed by atoms with Gasteiger partial charge in [-0.2, -0.15) is 0 Å². The first-order valence-corrected chi connectivity index (χ1v) is 5.36. The highest BCUT2D eigenvalue weighted by atomic mass is 16.6. The van der Waals surface area contributed by atoms with Crippen molar-refractivity contribution in [3.05, 3.63) is 0 Å².